The van der Waals surface area contributed by atoms with Gasteiger partial charge in [0.05, 0.1) is 0 Å². The fraction of sp³-hybridized carbons (Fsp3) is 0.500. The molecule has 0 aromatic heterocycles. The summed E-state index contributed by atoms with van der Waals surface area (Å²) in [7, 11) is -7.28. The molecule has 0 aromatic rings. The lowest BCUT2D eigenvalue weighted by atomic mass is 10.8. The van der Waals surface area contributed by atoms with Crippen molar-refractivity contribution < 1.29 is 38.6 Å². The maximum atomic E-state index is 9.33. The molecule has 15 heavy (non-hydrogen) atoms. The molecular formula is C4H11NO8P2. The minimum Gasteiger partial charge on any atom is -0.470 e. The normalized spacial score (nSPS) is 9.67. The summed E-state index contributed by atoms with van der Waals surface area (Å²) in [5.41, 5.74) is 0. The van der Waals surface area contributed by atoms with Gasteiger partial charge >= 0.3 is 21.2 Å². The zero-order valence-electron chi connectivity index (χ0n) is 7.80. The molecule has 0 aliphatic rings. The number of nitriles is 1. The largest absolute Gasteiger partial charge is 0.470 e. The Morgan fingerprint density at radius 3 is 1.13 bits per heavy atom. The number of hydrogen-bond acceptors (Lipinski definition) is 4. The Bertz CT molecular complexity index is 271. The van der Waals surface area contributed by atoms with Crippen molar-refractivity contribution in [3.63, 3.8) is 0 Å². The fourth-order valence-corrected chi connectivity index (χ4v) is 0. The number of hydrogen-bond donors (Lipinski definition) is 5. The van der Waals surface area contributed by atoms with Gasteiger partial charge in [0.2, 0.25) is 0 Å². The van der Waals surface area contributed by atoms with E-state index < -0.39 is 21.2 Å². The van der Waals surface area contributed by atoms with Crippen molar-refractivity contribution in [1.29, 1.82) is 5.26 Å². The average molecular weight is 263 g/mol. The Labute approximate surface area is 85.3 Å². The second kappa shape index (κ2) is 8.56. The van der Waals surface area contributed by atoms with Crippen LogP contribution in [0.5, 0.6) is 0 Å². The van der Waals surface area contributed by atoms with Crippen LogP contribution in [0.1, 0.15) is 0 Å². The summed E-state index contributed by atoms with van der Waals surface area (Å²) in [5.74, 6) is -1.44. The predicted molar refractivity (Wildman–Crippen MR) is 49.2 cm³/mol. The molecule has 0 aliphatic carbocycles. The van der Waals surface area contributed by atoms with Crippen molar-refractivity contribution in [3.8, 4) is 6.07 Å². The smallest absolute Gasteiger partial charge is 0.408 e. The molecule has 0 heterocycles. The first-order valence-corrected chi connectivity index (χ1v) is 7.08. The molecule has 0 atom stereocenters. The summed E-state index contributed by atoms with van der Waals surface area (Å²) >= 11 is 0. The summed E-state index contributed by atoms with van der Waals surface area (Å²) in [6.45, 7) is 1.71. The van der Waals surface area contributed by atoms with Crippen molar-refractivity contribution in [1.82, 2.24) is 0 Å². The number of nitrogens with zero attached hydrogens (tertiary/aromatic N) is 1. The average Bonchev–Trinajstić information content (AvgIpc) is 1.79. The number of carboxylic acids is 1. The molecule has 0 rings (SSSR count). The van der Waals surface area contributed by atoms with Crippen LogP contribution in [-0.4, -0.2) is 44.0 Å². The van der Waals surface area contributed by atoms with Crippen LogP contribution >= 0.6 is 15.2 Å². The van der Waals surface area contributed by atoms with Crippen molar-refractivity contribution >= 4 is 21.2 Å². The Hall–Kier alpha value is -0.740. The lowest BCUT2D eigenvalue weighted by Gasteiger charge is -1.84. The van der Waals surface area contributed by atoms with Gasteiger partial charge in [-0.25, -0.2) is 4.79 Å². The van der Waals surface area contributed by atoms with Gasteiger partial charge in [-0.15, -0.1) is 0 Å². The second-order valence-corrected chi connectivity index (χ2v) is 5.43. The van der Waals surface area contributed by atoms with E-state index in [4.69, 9.17) is 34.7 Å². The van der Waals surface area contributed by atoms with Crippen LogP contribution < -0.4 is 0 Å². The Balaban J connectivity index is -0.000000144. The van der Waals surface area contributed by atoms with Crippen molar-refractivity contribution in [2.75, 3.05) is 13.3 Å². The van der Waals surface area contributed by atoms with Crippen LogP contribution in [0.3, 0.4) is 0 Å². The van der Waals surface area contributed by atoms with Gasteiger partial charge in [0, 0.05) is 13.3 Å². The Morgan fingerprint density at radius 1 is 1.07 bits per heavy atom. The van der Waals surface area contributed by atoms with E-state index in [0.29, 0.717) is 0 Å². The summed E-state index contributed by atoms with van der Waals surface area (Å²) in [6, 6.07) is 0.944. The number of rotatable bonds is 0. The van der Waals surface area contributed by atoms with Crippen LogP contribution in [-0.2, 0) is 13.9 Å². The first-order chi connectivity index (χ1) is 6.27. The Kier molecular flexibility index (Phi) is 11.3. The summed E-state index contributed by atoms with van der Waals surface area (Å²) in [6.07, 6.45) is 0. The predicted octanol–water partition coefficient (Wildman–Crippen LogP) is -0.818. The van der Waals surface area contributed by atoms with E-state index in [2.05, 4.69) is 0 Å². The minimum absolute atomic E-state index is 0.854. The molecule has 0 saturated heterocycles. The third-order valence-electron chi connectivity index (χ3n) is 0.0956. The second-order valence-electron chi connectivity index (χ2n) is 2.09. The molecule has 0 aromatic carbocycles. The molecule has 0 radical (unpaired) electrons. The highest BCUT2D eigenvalue weighted by Gasteiger charge is 1.96. The van der Waals surface area contributed by atoms with E-state index in [1.165, 1.54) is 0 Å². The number of carboxylic acid groups (broad SMARTS) is 1. The zero-order valence-corrected chi connectivity index (χ0v) is 9.59. The van der Waals surface area contributed by atoms with Crippen molar-refractivity contribution in [3.05, 3.63) is 0 Å². The zero-order chi connectivity index (χ0) is 13.3. The first kappa shape index (κ1) is 19.8. The van der Waals surface area contributed by atoms with E-state index >= 15 is 0 Å². The molecule has 0 unspecified atom stereocenters. The van der Waals surface area contributed by atoms with Gasteiger partial charge in [0.1, 0.15) is 0 Å². The maximum absolute atomic E-state index is 9.33. The SMILES string of the molecule is CP(=O)(O)O.CP(=O)(O)O.N#CC(=O)O. The number of aliphatic carboxylic acids is 1. The molecule has 0 amide bonds. The van der Waals surface area contributed by atoms with Gasteiger partial charge in [-0.05, 0) is 0 Å². The van der Waals surface area contributed by atoms with Gasteiger partial charge < -0.3 is 24.7 Å². The standard InChI is InChI=1S/C2HNO2.2CH5O3P/c3-1-2(4)5;2*1-5(2,3)4/h(H,4,5);2*1H3,(H2,2,3,4). The lowest BCUT2D eigenvalue weighted by Crippen LogP contribution is -1.83. The van der Waals surface area contributed by atoms with Crippen molar-refractivity contribution in [2.45, 2.75) is 0 Å². The van der Waals surface area contributed by atoms with E-state index in [1.807, 2.05) is 0 Å². The van der Waals surface area contributed by atoms with Gasteiger partial charge in [-0.1, -0.05) is 0 Å². The minimum atomic E-state index is -3.64. The summed E-state index contributed by atoms with van der Waals surface area (Å²) < 4.78 is 18.7. The van der Waals surface area contributed by atoms with Crippen LogP contribution in [0.4, 0.5) is 0 Å². The molecule has 5 N–H and O–H groups in total. The highest BCUT2D eigenvalue weighted by molar-refractivity contribution is 7.51. The van der Waals surface area contributed by atoms with E-state index in [9.17, 15) is 9.13 Å². The summed E-state index contributed by atoms with van der Waals surface area (Å²) in [5, 5.41) is 14.7. The summed E-state index contributed by atoms with van der Waals surface area (Å²) in [4.78, 5) is 39.5. The van der Waals surface area contributed by atoms with E-state index in [-0.39, 0.29) is 0 Å². The van der Waals surface area contributed by atoms with E-state index in [0.717, 1.165) is 19.4 Å². The molecule has 90 valence electrons. The lowest BCUT2D eigenvalue weighted by molar-refractivity contribution is -0.130. The van der Waals surface area contributed by atoms with Crippen LogP contribution in [0.25, 0.3) is 0 Å². The van der Waals surface area contributed by atoms with Gasteiger partial charge in [0.15, 0.2) is 6.07 Å². The van der Waals surface area contributed by atoms with Gasteiger partial charge in [-0.3, -0.25) is 9.13 Å². The maximum Gasteiger partial charge on any atom is 0.408 e. The van der Waals surface area contributed by atoms with Crippen LogP contribution in [0, 0.1) is 11.3 Å². The molecule has 0 fully saturated rings. The molecule has 0 bridgehead atoms. The fourth-order valence-electron chi connectivity index (χ4n) is 0. The monoisotopic (exact) mass is 263 g/mol. The molecule has 0 spiro atoms. The van der Waals surface area contributed by atoms with Crippen molar-refractivity contribution in [2.24, 2.45) is 0 Å². The van der Waals surface area contributed by atoms with Crippen LogP contribution in [0.2, 0.25) is 0 Å². The molecule has 9 nitrogen and oxygen atoms in total. The highest BCUT2D eigenvalue weighted by Crippen LogP contribution is 2.27. The molecule has 11 heteroatoms. The first-order valence-electron chi connectivity index (χ1n) is 2.96. The number of carbonyl (C=O) groups is 1. The Morgan fingerprint density at radius 2 is 1.13 bits per heavy atom. The molecular weight excluding hydrogens is 252 g/mol. The quantitative estimate of drug-likeness (QED) is 0.212. The van der Waals surface area contributed by atoms with Gasteiger partial charge in [0.25, 0.3) is 0 Å². The van der Waals surface area contributed by atoms with E-state index in [1.54, 1.807) is 0 Å². The molecule has 0 aliphatic heterocycles. The topological polar surface area (TPSA) is 176 Å². The molecule has 0 saturated carbocycles. The highest BCUT2D eigenvalue weighted by atomic mass is 31.2. The third-order valence-corrected chi connectivity index (χ3v) is 0.0956. The van der Waals surface area contributed by atoms with Crippen LogP contribution in [0.15, 0.2) is 0 Å². The van der Waals surface area contributed by atoms with Gasteiger partial charge in [-0.2, -0.15) is 5.26 Å². The third kappa shape index (κ3) is 1060.